The summed E-state index contributed by atoms with van der Waals surface area (Å²) in [6.45, 7) is 7.06. The zero-order chi connectivity index (χ0) is 14.6. The third-order valence-corrected chi connectivity index (χ3v) is 7.67. The van der Waals surface area contributed by atoms with Crippen molar-refractivity contribution < 1.29 is 8.42 Å². The lowest BCUT2D eigenvalue weighted by Gasteiger charge is -2.30. The molecule has 1 fully saturated rings. The van der Waals surface area contributed by atoms with Crippen LogP contribution in [-0.2, 0) is 16.6 Å². The van der Waals surface area contributed by atoms with E-state index >= 15 is 0 Å². The Morgan fingerprint density at radius 2 is 2.25 bits per heavy atom. The maximum absolute atomic E-state index is 12.6. The molecule has 0 bridgehead atoms. The van der Waals surface area contributed by atoms with Gasteiger partial charge in [-0.05, 0) is 19.0 Å². The Hall–Kier alpha value is -0.0800. The number of hydrogen-bond acceptors (Lipinski definition) is 5. The molecule has 1 unspecified atom stereocenters. The molecule has 2 heterocycles. The normalized spacial score (nSPS) is 21.2. The van der Waals surface area contributed by atoms with E-state index in [0.717, 1.165) is 30.1 Å². The highest BCUT2D eigenvalue weighted by atomic mass is 32.2. The van der Waals surface area contributed by atoms with Gasteiger partial charge in [0.15, 0.2) is 0 Å². The third-order valence-electron chi connectivity index (χ3n) is 3.37. The number of hydrogen-bond donors (Lipinski definition) is 1. The minimum absolute atomic E-state index is 0.429. The maximum Gasteiger partial charge on any atom is 0.243 e. The predicted molar refractivity (Wildman–Crippen MR) is 87.0 cm³/mol. The third kappa shape index (κ3) is 3.76. The molecule has 0 amide bonds. The van der Waals surface area contributed by atoms with Gasteiger partial charge < -0.3 is 5.32 Å². The van der Waals surface area contributed by atoms with Crippen LogP contribution in [-0.4, -0.2) is 43.4 Å². The summed E-state index contributed by atoms with van der Waals surface area (Å²) >= 11 is 3.39. The average molecular weight is 335 g/mol. The fourth-order valence-electron chi connectivity index (χ4n) is 2.14. The van der Waals surface area contributed by atoms with Crippen molar-refractivity contribution in [2.45, 2.75) is 37.0 Å². The van der Waals surface area contributed by atoms with Crippen molar-refractivity contribution in [3.8, 4) is 0 Å². The average Bonchev–Trinajstić information content (AvgIpc) is 2.94. The minimum atomic E-state index is -3.31. The number of sulfonamides is 1. The van der Waals surface area contributed by atoms with Gasteiger partial charge >= 0.3 is 0 Å². The highest BCUT2D eigenvalue weighted by molar-refractivity contribution is 8.00. The first-order valence-electron chi connectivity index (χ1n) is 6.97. The van der Waals surface area contributed by atoms with Crippen molar-refractivity contribution in [1.82, 2.24) is 9.62 Å². The highest BCUT2D eigenvalue weighted by Gasteiger charge is 2.30. The lowest BCUT2D eigenvalue weighted by Crippen LogP contribution is -2.41. The molecule has 114 valence electrons. The molecule has 0 saturated carbocycles. The van der Waals surface area contributed by atoms with E-state index in [1.807, 2.05) is 24.8 Å². The van der Waals surface area contributed by atoms with Gasteiger partial charge in [-0.2, -0.15) is 16.1 Å². The maximum atomic E-state index is 12.6. The molecule has 20 heavy (non-hydrogen) atoms. The predicted octanol–water partition coefficient (Wildman–Crippen LogP) is 2.37. The smallest absolute Gasteiger partial charge is 0.243 e. The first-order chi connectivity index (χ1) is 9.57. The molecule has 0 aliphatic carbocycles. The van der Waals surface area contributed by atoms with Crippen molar-refractivity contribution in [1.29, 1.82) is 0 Å². The molecule has 7 heteroatoms. The summed E-state index contributed by atoms with van der Waals surface area (Å²) in [5, 5.41) is 5.42. The van der Waals surface area contributed by atoms with Gasteiger partial charge in [0.05, 0.1) is 4.90 Å². The Labute approximate surface area is 130 Å². The van der Waals surface area contributed by atoms with Crippen LogP contribution in [0.1, 0.15) is 25.1 Å². The van der Waals surface area contributed by atoms with Gasteiger partial charge in [0.1, 0.15) is 0 Å². The van der Waals surface area contributed by atoms with E-state index in [2.05, 4.69) is 12.2 Å². The second-order valence-corrected chi connectivity index (χ2v) is 9.14. The van der Waals surface area contributed by atoms with Crippen molar-refractivity contribution >= 4 is 33.1 Å². The Balaban J connectivity index is 2.11. The largest absolute Gasteiger partial charge is 0.312 e. The standard InChI is InChI=1S/C13H22N2O2S3/c1-3-11-9-15(5-6-18-11)20(16,17)13-7-12(19-10-13)8-14-4-2/h7,10-11,14H,3-6,8-9H2,1-2H3. The van der Waals surface area contributed by atoms with Gasteiger partial charge in [0.25, 0.3) is 0 Å². The van der Waals surface area contributed by atoms with Crippen LogP contribution in [0.5, 0.6) is 0 Å². The van der Waals surface area contributed by atoms with Crippen LogP contribution in [0.2, 0.25) is 0 Å². The summed E-state index contributed by atoms with van der Waals surface area (Å²) in [6.07, 6.45) is 1.02. The van der Waals surface area contributed by atoms with Crippen LogP contribution >= 0.6 is 23.1 Å². The molecule has 2 rings (SSSR count). The molecule has 1 aromatic heterocycles. The summed E-state index contributed by atoms with van der Waals surface area (Å²) in [5.41, 5.74) is 0. The lowest BCUT2D eigenvalue weighted by atomic mass is 10.3. The van der Waals surface area contributed by atoms with Crippen molar-refractivity contribution in [2.75, 3.05) is 25.4 Å². The number of thioether (sulfide) groups is 1. The van der Waals surface area contributed by atoms with E-state index in [4.69, 9.17) is 0 Å². The van der Waals surface area contributed by atoms with E-state index in [1.54, 1.807) is 9.69 Å². The number of nitrogens with one attached hydrogen (secondary N) is 1. The monoisotopic (exact) mass is 334 g/mol. The zero-order valence-electron chi connectivity index (χ0n) is 12.0. The van der Waals surface area contributed by atoms with E-state index in [9.17, 15) is 8.42 Å². The van der Waals surface area contributed by atoms with Gasteiger partial charge in [0, 0.05) is 40.9 Å². The molecular formula is C13H22N2O2S3. The number of thiophene rings is 1. The van der Waals surface area contributed by atoms with Crippen molar-refractivity contribution in [2.24, 2.45) is 0 Å². The molecule has 0 spiro atoms. The second-order valence-electron chi connectivity index (χ2n) is 4.79. The zero-order valence-corrected chi connectivity index (χ0v) is 14.4. The molecule has 1 N–H and O–H groups in total. The highest BCUT2D eigenvalue weighted by Crippen LogP contribution is 2.28. The molecule has 4 nitrogen and oxygen atoms in total. The lowest BCUT2D eigenvalue weighted by molar-refractivity contribution is 0.416. The Bertz CT molecular complexity index is 527. The van der Waals surface area contributed by atoms with Gasteiger partial charge in [-0.15, -0.1) is 11.3 Å². The van der Waals surface area contributed by atoms with Crippen LogP contribution in [0.15, 0.2) is 16.3 Å². The summed E-state index contributed by atoms with van der Waals surface area (Å²) in [7, 11) is -3.31. The van der Waals surface area contributed by atoms with Crippen LogP contribution < -0.4 is 5.32 Å². The summed E-state index contributed by atoms with van der Waals surface area (Å²) in [6, 6.07) is 1.81. The fourth-order valence-corrected chi connectivity index (χ4v) is 6.25. The van der Waals surface area contributed by atoms with Crippen LogP contribution in [0.3, 0.4) is 0 Å². The first-order valence-corrected chi connectivity index (χ1v) is 10.3. The van der Waals surface area contributed by atoms with Gasteiger partial charge in [-0.1, -0.05) is 13.8 Å². The molecule has 1 saturated heterocycles. The molecule has 1 aliphatic rings. The molecule has 1 aliphatic heterocycles. The fraction of sp³-hybridized carbons (Fsp3) is 0.692. The summed E-state index contributed by atoms with van der Waals surface area (Å²) < 4.78 is 26.9. The molecular weight excluding hydrogens is 312 g/mol. The minimum Gasteiger partial charge on any atom is -0.312 e. The number of nitrogens with zero attached hydrogens (tertiary/aromatic N) is 1. The number of rotatable bonds is 6. The van der Waals surface area contributed by atoms with E-state index in [0.29, 0.717) is 23.2 Å². The van der Waals surface area contributed by atoms with Crippen LogP contribution in [0, 0.1) is 0 Å². The van der Waals surface area contributed by atoms with Gasteiger partial charge in [-0.25, -0.2) is 8.42 Å². The van der Waals surface area contributed by atoms with E-state index in [-0.39, 0.29) is 0 Å². The molecule has 1 atom stereocenters. The Morgan fingerprint density at radius 3 is 2.95 bits per heavy atom. The molecule has 0 radical (unpaired) electrons. The second kappa shape index (κ2) is 7.26. The summed E-state index contributed by atoms with van der Waals surface area (Å²) in [4.78, 5) is 1.53. The SMILES string of the molecule is CCNCc1cc(S(=O)(=O)N2CCSC(CC)C2)cs1. The summed E-state index contributed by atoms with van der Waals surface area (Å²) in [5.74, 6) is 0.895. The van der Waals surface area contributed by atoms with E-state index < -0.39 is 10.0 Å². The topological polar surface area (TPSA) is 49.4 Å². The van der Waals surface area contributed by atoms with Crippen molar-refractivity contribution in [3.63, 3.8) is 0 Å². The first kappa shape index (κ1) is 16.3. The van der Waals surface area contributed by atoms with E-state index in [1.165, 1.54) is 11.3 Å². The van der Waals surface area contributed by atoms with Gasteiger partial charge in [-0.3, -0.25) is 0 Å². The molecule has 0 aromatic carbocycles. The van der Waals surface area contributed by atoms with Crippen LogP contribution in [0.25, 0.3) is 0 Å². The Kier molecular flexibility index (Phi) is 5.92. The van der Waals surface area contributed by atoms with Gasteiger partial charge in [0.2, 0.25) is 10.0 Å². The Morgan fingerprint density at radius 1 is 1.45 bits per heavy atom. The van der Waals surface area contributed by atoms with Crippen molar-refractivity contribution in [3.05, 3.63) is 16.3 Å². The molecule has 1 aromatic rings. The van der Waals surface area contributed by atoms with Crippen LogP contribution in [0.4, 0.5) is 0 Å². The quantitative estimate of drug-likeness (QED) is 0.868.